The summed E-state index contributed by atoms with van der Waals surface area (Å²) in [5, 5.41) is 0. The van der Waals surface area contributed by atoms with E-state index in [4.69, 9.17) is 4.74 Å². The van der Waals surface area contributed by atoms with Gasteiger partial charge in [-0.15, -0.1) is 0 Å². The lowest BCUT2D eigenvalue weighted by atomic mass is 9.70. The van der Waals surface area contributed by atoms with Crippen LogP contribution in [-0.2, 0) is 9.53 Å². The second-order valence-electron chi connectivity index (χ2n) is 5.74. The number of carbonyl (C=O) groups excluding carboxylic acids is 1. The molecule has 0 N–H and O–H groups in total. The van der Waals surface area contributed by atoms with Crippen molar-refractivity contribution in [2.24, 2.45) is 16.7 Å². The van der Waals surface area contributed by atoms with Gasteiger partial charge in [-0.2, -0.15) is 0 Å². The molecule has 3 atom stereocenters. The third-order valence-electron chi connectivity index (χ3n) is 5.14. The zero-order chi connectivity index (χ0) is 11.3. The van der Waals surface area contributed by atoms with Crippen molar-refractivity contribution in [1.82, 2.24) is 0 Å². The van der Waals surface area contributed by atoms with Crippen molar-refractivity contribution in [3.05, 3.63) is 12.7 Å². The van der Waals surface area contributed by atoms with E-state index in [1.807, 2.05) is 0 Å². The first-order valence-electron chi connectivity index (χ1n) is 5.75. The smallest absolute Gasteiger partial charge is 0.330 e. The van der Waals surface area contributed by atoms with Gasteiger partial charge in [-0.25, -0.2) is 4.79 Å². The van der Waals surface area contributed by atoms with E-state index in [9.17, 15) is 4.79 Å². The molecule has 2 aliphatic carbocycles. The van der Waals surface area contributed by atoms with Crippen LogP contribution in [0.25, 0.3) is 0 Å². The van der Waals surface area contributed by atoms with Gasteiger partial charge >= 0.3 is 5.97 Å². The van der Waals surface area contributed by atoms with E-state index in [0.717, 1.165) is 6.42 Å². The molecule has 84 valence electrons. The van der Waals surface area contributed by atoms with Gasteiger partial charge in [0.05, 0.1) is 0 Å². The predicted octanol–water partition coefficient (Wildman–Crippen LogP) is 2.93. The molecule has 0 radical (unpaired) electrons. The minimum absolute atomic E-state index is 0.0942. The monoisotopic (exact) mass is 208 g/mol. The summed E-state index contributed by atoms with van der Waals surface area (Å²) in [6.07, 6.45) is 4.85. The molecule has 2 nitrogen and oxygen atoms in total. The summed E-state index contributed by atoms with van der Waals surface area (Å²) in [7, 11) is 0. The summed E-state index contributed by atoms with van der Waals surface area (Å²) in [5.74, 6) is 0.440. The van der Waals surface area contributed by atoms with Crippen molar-refractivity contribution in [2.75, 3.05) is 0 Å². The molecule has 1 unspecified atom stereocenters. The Morgan fingerprint density at radius 3 is 2.53 bits per heavy atom. The summed E-state index contributed by atoms with van der Waals surface area (Å²) in [5.41, 5.74) is 0.468. The summed E-state index contributed by atoms with van der Waals surface area (Å²) >= 11 is 0. The Balaban J connectivity index is 2.19. The van der Waals surface area contributed by atoms with Crippen molar-refractivity contribution < 1.29 is 9.53 Å². The summed E-state index contributed by atoms with van der Waals surface area (Å²) in [4.78, 5) is 11.3. The third kappa shape index (κ3) is 1.27. The fraction of sp³-hybridized carbons (Fsp3) is 0.769. The highest BCUT2D eigenvalue weighted by atomic mass is 16.5. The van der Waals surface area contributed by atoms with E-state index < -0.39 is 0 Å². The number of rotatable bonds is 2. The Labute approximate surface area is 91.7 Å². The zero-order valence-electron chi connectivity index (χ0n) is 9.88. The van der Waals surface area contributed by atoms with Crippen LogP contribution in [-0.4, -0.2) is 12.1 Å². The Morgan fingerprint density at radius 2 is 2.13 bits per heavy atom. The SMILES string of the molecule is C=CC(=O)OC1C[C@@H]2CC[C@@]1(C)C2(C)C. The van der Waals surface area contributed by atoms with Gasteiger partial charge in [-0.3, -0.25) is 0 Å². The Hall–Kier alpha value is -0.790. The van der Waals surface area contributed by atoms with E-state index in [1.165, 1.54) is 18.9 Å². The molecule has 0 aromatic carbocycles. The maximum atomic E-state index is 11.3. The Kier molecular flexibility index (Phi) is 2.21. The average Bonchev–Trinajstić information content (AvgIpc) is 2.50. The number of ether oxygens (including phenoxy) is 1. The lowest BCUT2D eigenvalue weighted by Crippen LogP contribution is -2.38. The molecule has 2 bridgehead atoms. The van der Waals surface area contributed by atoms with Crippen molar-refractivity contribution in [3.8, 4) is 0 Å². The highest BCUT2D eigenvalue weighted by Crippen LogP contribution is 2.66. The van der Waals surface area contributed by atoms with Gasteiger partial charge in [0.25, 0.3) is 0 Å². The minimum atomic E-state index is -0.274. The Morgan fingerprint density at radius 1 is 1.47 bits per heavy atom. The predicted molar refractivity (Wildman–Crippen MR) is 59.3 cm³/mol. The van der Waals surface area contributed by atoms with Crippen LogP contribution in [0.1, 0.15) is 40.0 Å². The highest BCUT2D eigenvalue weighted by Gasteiger charge is 2.62. The van der Waals surface area contributed by atoms with Gasteiger partial charge in [0, 0.05) is 11.5 Å². The molecule has 0 spiro atoms. The first kappa shape index (κ1) is 10.7. The lowest BCUT2D eigenvalue weighted by molar-refractivity contribution is -0.150. The van der Waals surface area contributed by atoms with Gasteiger partial charge in [-0.1, -0.05) is 27.4 Å². The molecule has 0 amide bonds. The fourth-order valence-corrected chi connectivity index (χ4v) is 3.50. The van der Waals surface area contributed by atoms with Crippen LogP contribution in [0.2, 0.25) is 0 Å². The van der Waals surface area contributed by atoms with E-state index >= 15 is 0 Å². The number of hydrogen-bond donors (Lipinski definition) is 0. The van der Waals surface area contributed by atoms with Crippen LogP contribution >= 0.6 is 0 Å². The zero-order valence-corrected chi connectivity index (χ0v) is 9.88. The van der Waals surface area contributed by atoms with Gasteiger partial charge in [0.2, 0.25) is 0 Å². The quantitative estimate of drug-likeness (QED) is 0.515. The van der Waals surface area contributed by atoms with Crippen LogP contribution in [0.5, 0.6) is 0 Å². The molecule has 0 aromatic rings. The van der Waals surface area contributed by atoms with Crippen LogP contribution in [0, 0.1) is 16.7 Å². The summed E-state index contributed by atoms with van der Waals surface area (Å²) < 4.78 is 5.48. The van der Waals surface area contributed by atoms with Crippen molar-refractivity contribution in [3.63, 3.8) is 0 Å². The molecule has 2 heteroatoms. The first-order chi connectivity index (χ1) is 6.91. The maximum absolute atomic E-state index is 11.3. The van der Waals surface area contributed by atoms with Gasteiger partial charge < -0.3 is 4.74 Å². The highest BCUT2D eigenvalue weighted by molar-refractivity contribution is 5.81. The standard InChI is InChI=1S/C13H20O2/c1-5-11(14)15-10-8-9-6-7-13(10,4)12(9,2)3/h5,9-10H,1,6-8H2,2-4H3/t9-,10?,13+/m0/s1. The second-order valence-corrected chi connectivity index (χ2v) is 5.74. The molecule has 2 fully saturated rings. The molecule has 2 aliphatic rings. The molecule has 2 rings (SSSR count). The summed E-state index contributed by atoms with van der Waals surface area (Å²) in [6, 6.07) is 0. The third-order valence-corrected chi connectivity index (χ3v) is 5.14. The molecular weight excluding hydrogens is 188 g/mol. The maximum Gasteiger partial charge on any atom is 0.330 e. The molecule has 0 saturated heterocycles. The normalized spacial score (nSPS) is 41.5. The lowest BCUT2D eigenvalue weighted by Gasteiger charge is -2.38. The first-order valence-corrected chi connectivity index (χ1v) is 5.75. The van der Waals surface area contributed by atoms with Gasteiger partial charge in [0.15, 0.2) is 0 Å². The molecular formula is C13H20O2. The molecule has 0 aromatic heterocycles. The van der Waals surface area contributed by atoms with Gasteiger partial charge in [0.1, 0.15) is 6.10 Å². The fourth-order valence-electron chi connectivity index (χ4n) is 3.50. The molecule has 0 heterocycles. The number of esters is 1. The van der Waals surface area contributed by atoms with E-state index in [0.29, 0.717) is 11.3 Å². The average molecular weight is 208 g/mol. The van der Waals surface area contributed by atoms with Crippen LogP contribution in [0.3, 0.4) is 0 Å². The molecule has 15 heavy (non-hydrogen) atoms. The van der Waals surface area contributed by atoms with Crippen molar-refractivity contribution >= 4 is 5.97 Å². The van der Waals surface area contributed by atoms with Gasteiger partial charge in [-0.05, 0) is 30.6 Å². The van der Waals surface area contributed by atoms with E-state index in [1.54, 1.807) is 0 Å². The summed E-state index contributed by atoms with van der Waals surface area (Å²) in [6.45, 7) is 10.3. The van der Waals surface area contributed by atoms with Crippen molar-refractivity contribution in [2.45, 2.75) is 46.1 Å². The number of fused-ring (bicyclic) bond motifs is 2. The van der Waals surface area contributed by atoms with E-state index in [-0.39, 0.29) is 17.5 Å². The van der Waals surface area contributed by atoms with Crippen molar-refractivity contribution in [1.29, 1.82) is 0 Å². The molecule has 2 saturated carbocycles. The van der Waals surface area contributed by atoms with Crippen LogP contribution < -0.4 is 0 Å². The molecule has 0 aliphatic heterocycles. The topological polar surface area (TPSA) is 26.3 Å². The van der Waals surface area contributed by atoms with Crippen LogP contribution in [0.15, 0.2) is 12.7 Å². The Bertz CT molecular complexity index is 306. The number of hydrogen-bond acceptors (Lipinski definition) is 2. The number of carbonyl (C=O) groups is 1. The largest absolute Gasteiger partial charge is 0.459 e. The second kappa shape index (κ2) is 3.10. The van der Waals surface area contributed by atoms with E-state index in [2.05, 4.69) is 27.4 Å². The van der Waals surface area contributed by atoms with Crippen LogP contribution in [0.4, 0.5) is 0 Å². The minimum Gasteiger partial charge on any atom is -0.459 e.